The zero-order valence-corrected chi connectivity index (χ0v) is 8.92. The van der Waals surface area contributed by atoms with Crippen LogP contribution in [-0.2, 0) is 4.79 Å². The summed E-state index contributed by atoms with van der Waals surface area (Å²) in [4.78, 5) is 10.5. The Morgan fingerprint density at radius 1 is 1.62 bits per heavy atom. The van der Waals surface area contributed by atoms with Crippen molar-refractivity contribution in [3.63, 3.8) is 0 Å². The van der Waals surface area contributed by atoms with Gasteiger partial charge in [0.05, 0.1) is 0 Å². The molecule has 0 radical (unpaired) electrons. The van der Waals surface area contributed by atoms with E-state index in [-0.39, 0.29) is 0 Å². The van der Waals surface area contributed by atoms with Crippen molar-refractivity contribution < 1.29 is 4.79 Å². The SMILES string of the molecule is CC1=C[C@H](CC=O)[C@@H](C(C)C)CC1. The van der Waals surface area contributed by atoms with Crippen molar-refractivity contribution >= 4 is 6.29 Å². The first-order valence-electron chi connectivity index (χ1n) is 5.26. The summed E-state index contributed by atoms with van der Waals surface area (Å²) >= 11 is 0. The molecule has 1 rings (SSSR count). The third-order valence-corrected chi connectivity index (χ3v) is 3.15. The lowest BCUT2D eigenvalue weighted by Crippen LogP contribution is -2.22. The first-order chi connectivity index (χ1) is 6.15. The molecule has 0 heterocycles. The quantitative estimate of drug-likeness (QED) is 0.481. The Morgan fingerprint density at radius 3 is 2.85 bits per heavy atom. The predicted octanol–water partition coefficient (Wildman–Crippen LogP) is 3.20. The highest BCUT2D eigenvalue weighted by Gasteiger charge is 2.25. The summed E-state index contributed by atoms with van der Waals surface area (Å²) in [6, 6.07) is 0. The molecule has 0 spiro atoms. The Kier molecular flexibility index (Phi) is 3.71. The first kappa shape index (κ1) is 10.5. The van der Waals surface area contributed by atoms with Gasteiger partial charge in [0.25, 0.3) is 0 Å². The van der Waals surface area contributed by atoms with Crippen LogP contribution in [0.5, 0.6) is 0 Å². The van der Waals surface area contributed by atoms with Crippen LogP contribution < -0.4 is 0 Å². The van der Waals surface area contributed by atoms with Gasteiger partial charge >= 0.3 is 0 Å². The fourth-order valence-electron chi connectivity index (χ4n) is 2.36. The lowest BCUT2D eigenvalue weighted by atomic mass is 9.74. The molecule has 1 aliphatic carbocycles. The summed E-state index contributed by atoms with van der Waals surface area (Å²) in [6.07, 6.45) is 6.56. The number of hydrogen-bond acceptors (Lipinski definition) is 1. The van der Waals surface area contributed by atoms with Gasteiger partial charge in [0, 0.05) is 6.42 Å². The van der Waals surface area contributed by atoms with E-state index in [1.54, 1.807) is 0 Å². The average molecular weight is 180 g/mol. The topological polar surface area (TPSA) is 17.1 Å². The Labute approximate surface area is 81.2 Å². The minimum atomic E-state index is 0.506. The second kappa shape index (κ2) is 4.59. The Morgan fingerprint density at radius 2 is 2.31 bits per heavy atom. The fourth-order valence-corrected chi connectivity index (χ4v) is 2.36. The van der Waals surface area contributed by atoms with Gasteiger partial charge in [-0.15, -0.1) is 0 Å². The first-order valence-corrected chi connectivity index (χ1v) is 5.26. The van der Waals surface area contributed by atoms with E-state index in [2.05, 4.69) is 26.8 Å². The molecule has 1 aliphatic rings. The molecule has 13 heavy (non-hydrogen) atoms. The van der Waals surface area contributed by atoms with Crippen molar-refractivity contribution in [2.24, 2.45) is 17.8 Å². The molecular formula is C12H20O. The molecule has 0 aromatic rings. The lowest BCUT2D eigenvalue weighted by molar-refractivity contribution is -0.108. The summed E-state index contributed by atoms with van der Waals surface area (Å²) in [6.45, 7) is 6.70. The molecule has 0 aliphatic heterocycles. The largest absolute Gasteiger partial charge is 0.303 e. The second-order valence-electron chi connectivity index (χ2n) is 4.53. The molecule has 0 amide bonds. The highest BCUT2D eigenvalue weighted by Crippen LogP contribution is 2.35. The van der Waals surface area contributed by atoms with Crippen LogP contribution in [0.3, 0.4) is 0 Å². The molecule has 0 unspecified atom stereocenters. The Hall–Kier alpha value is -0.590. The Balaban J connectivity index is 2.69. The molecule has 0 bridgehead atoms. The summed E-state index contributed by atoms with van der Waals surface area (Å²) in [7, 11) is 0. The maximum absolute atomic E-state index is 10.5. The van der Waals surface area contributed by atoms with Crippen LogP contribution in [0.1, 0.15) is 40.0 Å². The molecular weight excluding hydrogens is 160 g/mol. The smallest absolute Gasteiger partial charge is 0.120 e. The van der Waals surface area contributed by atoms with E-state index in [9.17, 15) is 4.79 Å². The van der Waals surface area contributed by atoms with Crippen LogP contribution >= 0.6 is 0 Å². The zero-order valence-electron chi connectivity index (χ0n) is 8.92. The summed E-state index contributed by atoms with van der Waals surface area (Å²) in [5.41, 5.74) is 1.46. The van der Waals surface area contributed by atoms with E-state index in [1.807, 2.05) is 0 Å². The normalized spacial score (nSPS) is 28.8. The van der Waals surface area contributed by atoms with E-state index in [1.165, 1.54) is 18.4 Å². The minimum absolute atomic E-state index is 0.506. The summed E-state index contributed by atoms with van der Waals surface area (Å²) in [5.74, 6) is 1.93. The van der Waals surface area contributed by atoms with Crippen molar-refractivity contribution in [2.45, 2.75) is 40.0 Å². The van der Waals surface area contributed by atoms with Gasteiger partial charge in [0.15, 0.2) is 0 Å². The number of carbonyl (C=O) groups excluding carboxylic acids is 1. The Bertz CT molecular complexity index is 203. The van der Waals surface area contributed by atoms with Crippen LogP contribution in [0.4, 0.5) is 0 Å². The molecule has 0 saturated carbocycles. The summed E-state index contributed by atoms with van der Waals surface area (Å²) < 4.78 is 0. The standard InChI is InChI=1S/C12H20O/c1-9(2)12-5-4-10(3)8-11(12)6-7-13/h7-9,11-12H,4-6H2,1-3H3/t11-,12+/m0/s1. The molecule has 0 fully saturated rings. The van der Waals surface area contributed by atoms with Crippen LogP contribution in [0.2, 0.25) is 0 Å². The monoisotopic (exact) mass is 180 g/mol. The highest BCUT2D eigenvalue weighted by atomic mass is 16.1. The van der Waals surface area contributed by atoms with Crippen LogP contribution in [-0.4, -0.2) is 6.29 Å². The minimum Gasteiger partial charge on any atom is -0.303 e. The van der Waals surface area contributed by atoms with Gasteiger partial charge in [-0.2, -0.15) is 0 Å². The maximum atomic E-state index is 10.5. The van der Waals surface area contributed by atoms with E-state index < -0.39 is 0 Å². The van der Waals surface area contributed by atoms with Crippen molar-refractivity contribution in [2.75, 3.05) is 0 Å². The van der Waals surface area contributed by atoms with Crippen LogP contribution in [0, 0.1) is 17.8 Å². The van der Waals surface area contributed by atoms with Gasteiger partial charge in [-0.05, 0) is 37.5 Å². The molecule has 74 valence electrons. The van der Waals surface area contributed by atoms with Gasteiger partial charge in [0.1, 0.15) is 6.29 Å². The number of allylic oxidation sites excluding steroid dienone is 2. The zero-order chi connectivity index (χ0) is 9.84. The fraction of sp³-hybridized carbons (Fsp3) is 0.750. The molecule has 0 N–H and O–H groups in total. The molecule has 2 atom stereocenters. The van der Waals surface area contributed by atoms with E-state index >= 15 is 0 Å². The molecule has 0 saturated heterocycles. The van der Waals surface area contributed by atoms with Gasteiger partial charge in [-0.3, -0.25) is 0 Å². The van der Waals surface area contributed by atoms with Crippen molar-refractivity contribution in [1.82, 2.24) is 0 Å². The number of rotatable bonds is 3. The van der Waals surface area contributed by atoms with Crippen molar-refractivity contribution in [3.05, 3.63) is 11.6 Å². The third kappa shape index (κ3) is 2.68. The van der Waals surface area contributed by atoms with Crippen molar-refractivity contribution in [1.29, 1.82) is 0 Å². The average Bonchev–Trinajstić information content (AvgIpc) is 2.04. The highest BCUT2D eigenvalue weighted by molar-refractivity contribution is 5.50. The molecule has 1 nitrogen and oxygen atoms in total. The van der Waals surface area contributed by atoms with Gasteiger partial charge in [0.2, 0.25) is 0 Å². The van der Waals surface area contributed by atoms with Gasteiger partial charge in [-0.25, -0.2) is 0 Å². The summed E-state index contributed by atoms with van der Waals surface area (Å²) in [5, 5.41) is 0. The van der Waals surface area contributed by atoms with Crippen LogP contribution in [0.25, 0.3) is 0 Å². The van der Waals surface area contributed by atoms with Gasteiger partial charge in [-0.1, -0.05) is 25.5 Å². The third-order valence-electron chi connectivity index (χ3n) is 3.15. The number of carbonyl (C=O) groups is 1. The molecule has 0 aromatic heterocycles. The molecule has 0 aromatic carbocycles. The van der Waals surface area contributed by atoms with Crippen LogP contribution in [0.15, 0.2) is 11.6 Å². The second-order valence-corrected chi connectivity index (χ2v) is 4.53. The molecule has 1 heteroatoms. The predicted molar refractivity (Wildman–Crippen MR) is 55.5 cm³/mol. The maximum Gasteiger partial charge on any atom is 0.120 e. The van der Waals surface area contributed by atoms with E-state index in [0.717, 1.165) is 6.29 Å². The lowest BCUT2D eigenvalue weighted by Gasteiger charge is -2.31. The van der Waals surface area contributed by atoms with E-state index in [4.69, 9.17) is 0 Å². The van der Waals surface area contributed by atoms with E-state index in [0.29, 0.717) is 24.2 Å². The number of hydrogen-bond donors (Lipinski definition) is 0. The van der Waals surface area contributed by atoms with Gasteiger partial charge < -0.3 is 4.79 Å². The van der Waals surface area contributed by atoms with Crippen molar-refractivity contribution in [3.8, 4) is 0 Å². The number of aldehydes is 1.